The number of hydrogen-bond donors (Lipinski definition) is 3. The molecule has 116 valence electrons. The molecule has 4 N–H and O–H groups in total. The summed E-state index contributed by atoms with van der Waals surface area (Å²) in [5.74, 6) is 6.15. The number of nitrogens with two attached hydrogens (primary N) is 1. The van der Waals surface area contributed by atoms with Gasteiger partial charge < -0.3 is 15.6 Å². The number of carbonyl (C=O) groups is 1. The molecular weight excluding hydrogens is 266 g/mol. The van der Waals surface area contributed by atoms with Crippen molar-refractivity contribution in [2.75, 3.05) is 25.6 Å². The number of likely N-dealkylation sites (tertiary alicyclic amines) is 1. The summed E-state index contributed by atoms with van der Waals surface area (Å²) < 4.78 is 0. The zero-order chi connectivity index (χ0) is 15.4. The van der Waals surface area contributed by atoms with E-state index in [0.717, 1.165) is 31.6 Å². The molecule has 1 aromatic rings. The Morgan fingerprint density at radius 1 is 1.38 bits per heavy atom. The summed E-state index contributed by atoms with van der Waals surface area (Å²) in [6.07, 6.45) is 1.98. The smallest absolute Gasteiger partial charge is 0.251 e. The summed E-state index contributed by atoms with van der Waals surface area (Å²) in [5.41, 5.74) is 4.00. The van der Waals surface area contributed by atoms with Crippen LogP contribution in [0.1, 0.15) is 48.7 Å². The molecule has 6 heteroatoms. The van der Waals surface area contributed by atoms with Gasteiger partial charge in [0.2, 0.25) is 0 Å². The van der Waals surface area contributed by atoms with Crippen molar-refractivity contribution in [3.8, 4) is 0 Å². The van der Waals surface area contributed by atoms with Crippen LogP contribution in [0.15, 0.2) is 12.1 Å². The van der Waals surface area contributed by atoms with Crippen LogP contribution in [-0.4, -0.2) is 42.0 Å². The van der Waals surface area contributed by atoms with E-state index in [1.54, 1.807) is 6.07 Å². The normalized spacial score (nSPS) is 17.0. The van der Waals surface area contributed by atoms with Crippen LogP contribution < -0.4 is 16.6 Å². The van der Waals surface area contributed by atoms with Crippen molar-refractivity contribution < 1.29 is 4.79 Å². The van der Waals surface area contributed by atoms with E-state index in [1.165, 1.54) is 0 Å². The van der Waals surface area contributed by atoms with Crippen molar-refractivity contribution in [3.63, 3.8) is 0 Å². The average Bonchev–Trinajstić information content (AvgIpc) is 2.49. The fourth-order valence-corrected chi connectivity index (χ4v) is 2.47. The zero-order valence-electron chi connectivity index (χ0n) is 13.0. The third kappa shape index (κ3) is 4.15. The number of rotatable bonds is 4. The van der Waals surface area contributed by atoms with Crippen LogP contribution in [0.2, 0.25) is 0 Å². The molecule has 2 heterocycles. The van der Waals surface area contributed by atoms with Gasteiger partial charge in [0.25, 0.3) is 5.91 Å². The molecule has 1 aliphatic heterocycles. The van der Waals surface area contributed by atoms with E-state index in [4.69, 9.17) is 5.84 Å². The lowest BCUT2D eigenvalue weighted by Crippen LogP contribution is -2.43. The van der Waals surface area contributed by atoms with E-state index in [2.05, 4.69) is 27.7 Å². The first kappa shape index (κ1) is 15.7. The Bertz CT molecular complexity index is 495. The summed E-state index contributed by atoms with van der Waals surface area (Å²) in [4.78, 5) is 19.1. The van der Waals surface area contributed by atoms with E-state index in [1.807, 2.05) is 19.9 Å². The van der Waals surface area contributed by atoms with Gasteiger partial charge in [-0.05, 0) is 51.0 Å². The summed E-state index contributed by atoms with van der Waals surface area (Å²) in [5, 5.41) is 3.11. The number of pyridine rings is 1. The number of amides is 1. The monoisotopic (exact) mass is 291 g/mol. The SMILES string of the molecule is CC(C)c1cc(C(=O)NC2CCN(C)CC2)cc(NN)n1. The van der Waals surface area contributed by atoms with Crippen LogP contribution in [0, 0.1) is 0 Å². The summed E-state index contributed by atoms with van der Waals surface area (Å²) >= 11 is 0. The highest BCUT2D eigenvalue weighted by Crippen LogP contribution is 2.18. The van der Waals surface area contributed by atoms with Gasteiger partial charge >= 0.3 is 0 Å². The van der Waals surface area contributed by atoms with Crippen LogP contribution in [-0.2, 0) is 0 Å². The maximum Gasteiger partial charge on any atom is 0.251 e. The standard InChI is InChI=1S/C15H25N5O/c1-10(2)13-8-11(9-14(18-13)19-16)15(21)17-12-4-6-20(3)7-5-12/h8-10,12H,4-7,16H2,1-3H3,(H,17,21)(H,18,19). The number of nitrogen functional groups attached to an aromatic ring is 1. The Labute approximate surface area is 126 Å². The first-order chi connectivity index (χ1) is 9.99. The lowest BCUT2D eigenvalue weighted by atomic mass is 10.0. The van der Waals surface area contributed by atoms with E-state index in [-0.39, 0.29) is 17.9 Å². The van der Waals surface area contributed by atoms with E-state index >= 15 is 0 Å². The topological polar surface area (TPSA) is 83.3 Å². The fourth-order valence-electron chi connectivity index (χ4n) is 2.47. The van der Waals surface area contributed by atoms with Crippen LogP contribution in [0.4, 0.5) is 5.82 Å². The van der Waals surface area contributed by atoms with Crippen LogP contribution in [0.3, 0.4) is 0 Å². The average molecular weight is 291 g/mol. The number of nitrogens with zero attached hydrogens (tertiary/aromatic N) is 2. The largest absolute Gasteiger partial charge is 0.349 e. The number of nitrogens with one attached hydrogen (secondary N) is 2. The molecule has 0 unspecified atom stereocenters. The molecule has 0 bridgehead atoms. The molecule has 0 atom stereocenters. The highest BCUT2D eigenvalue weighted by Gasteiger charge is 2.20. The maximum absolute atomic E-state index is 12.4. The quantitative estimate of drug-likeness (QED) is 0.575. The molecule has 1 amide bonds. The van der Waals surface area contributed by atoms with Crippen molar-refractivity contribution in [2.45, 2.75) is 38.6 Å². The minimum Gasteiger partial charge on any atom is -0.349 e. The van der Waals surface area contributed by atoms with Gasteiger partial charge in [-0.3, -0.25) is 4.79 Å². The second-order valence-electron chi connectivity index (χ2n) is 6.02. The highest BCUT2D eigenvalue weighted by molar-refractivity contribution is 5.95. The van der Waals surface area contributed by atoms with Crippen LogP contribution in [0.25, 0.3) is 0 Å². The van der Waals surface area contributed by atoms with Crippen molar-refractivity contribution in [2.24, 2.45) is 5.84 Å². The van der Waals surface area contributed by atoms with Crippen molar-refractivity contribution in [1.82, 2.24) is 15.2 Å². The second-order valence-corrected chi connectivity index (χ2v) is 6.02. The Kier molecular flexibility index (Phi) is 5.14. The molecule has 2 rings (SSSR count). The third-order valence-electron chi connectivity index (χ3n) is 3.90. The predicted octanol–water partition coefficient (Wildman–Crippen LogP) is 1.31. The number of piperidine rings is 1. The minimum absolute atomic E-state index is 0.0506. The molecular formula is C15H25N5O. The molecule has 0 spiro atoms. The summed E-state index contributed by atoms with van der Waals surface area (Å²) in [6.45, 7) is 6.13. The third-order valence-corrected chi connectivity index (χ3v) is 3.90. The first-order valence-corrected chi connectivity index (χ1v) is 7.47. The first-order valence-electron chi connectivity index (χ1n) is 7.47. The molecule has 1 aromatic heterocycles. The Morgan fingerprint density at radius 2 is 2.05 bits per heavy atom. The molecule has 0 aliphatic carbocycles. The van der Waals surface area contributed by atoms with E-state index < -0.39 is 0 Å². The molecule has 21 heavy (non-hydrogen) atoms. The number of carbonyl (C=O) groups excluding carboxylic acids is 1. The van der Waals surface area contributed by atoms with E-state index in [0.29, 0.717) is 11.4 Å². The van der Waals surface area contributed by atoms with Gasteiger partial charge in [0.05, 0.1) is 0 Å². The van der Waals surface area contributed by atoms with Gasteiger partial charge in [-0.1, -0.05) is 13.8 Å². The van der Waals surface area contributed by atoms with Crippen molar-refractivity contribution >= 4 is 11.7 Å². The van der Waals surface area contributed by atoms with Gasteiger partial charge in [-0.25, -0.2) is 10.8 Å². The van der Waals surface area contributed by atoms with E-state index in [9.17, 15) is 4.79 Å². The lowest BCUT2D eigenvalue weighted by Gasteiger charge is -2.29. The summed E-state index contributed by atoms with van der Waals surface area (Å²) in [7, 11) is 2.11. The van der Waals surface area contributed by atoms with Gasteiger partial charge in [-0.2, -0.15) is 0 Å². The predicted molar refractivity (Wildman–Crippen MR) is 84.1 cm³/mol. The number of anilines is 1. The second kappa shape index (κ2) is 6.87. The molecule has 1 aliphatic rings. The number of hydrazine groups is 1. The molecule has 1 fully saturated rings. The Hall–Kier alpha value is -1.66. The molecule has 0 aromatic carbocycles. The van der Waals surface area contributed by atoms with Crippen LogP contribution >= 0.6 is 0 Å². The van der Waals surface area contributed by atoms with Crippen molar-refractivity contribution in [3.05, 3.63) is 23.4 Å². The van der Waals surface area contributed by atoms with Gasteiger partial charge in [0, 0.05) is 17.3 Å². The number of hydrogen-bond acceptors (Lipinski definition) is 5. The number of aromatic nitrogens is 1. The Balaban J connectivity index is 2.09. The Morgan fingerprint density at radius 3 is 2.62 bits per heavy atom. The van der Waals surface area contributed by atoms with Gasteiger partial charge in [0.15, 0.2) is 0 Å². The maximum atomic E-state index is 12.4. The molecule has 6 nitrogen and oxygen atoms in total. The molecule has 0 saturated carbocycles. The highest BCUT2D eigenvalue weighted by atomic mass is 16.1. The van der Waals surface area contributed by atoms with Crippen LogP contribution in [0.5, 0.6) is 0 Å². The van der Waals surface area contributed by atoms with Gasteiger partial charge in [0.1, 0.15) is 5.82 Å². The minimum atomic E-state index is -0.0506. The van der Waals surface area contributed by atoms with Gasteiger partial charge in [-0.15, -0.1) is 0 Å². The molecule has 0 radical (unpaired) electrons. The fraction of sp³-hybridized carbons (Fsp3) is 0.600. The molecule has 1 saturated heterocycles. The van der Waals surface area contributed by atoms with Crippen molar-refractivity contribution in [1.29, 1.82) is 0 Å². The summed E-state index contributed by atoms with van der Waals surface area (Å²) in [6, 6.07) is 3.78. The zero-order valence-corrected chi connectivity index (χ0v) is 13.0. The lowest BCUT2D eigenvalue weighted by molar-refractivity contribution is 0.0916.